The quantitative estimate of drug-likeness (QED) is 0.728. The Balaban J connectivity index is 1.44. The van der Waals surface area contributed by atoms with Gasteiger partial charge in [0.05, 0.1) is 5.69 Å². The highest BCUT2D eigenvalue weighted by atomic mass is 35.5. The van der Waals surface area contributed by atoms with E-state index in [9.17, 15) is 4.79 Å². The molecule has 1 aliphatic rings. The third-order valence-corrected chi connectivity index (χ3v) is 3.98. The van der Waals surface area contributed by atoms with Gasteiger partial charge in [-0.1, -0.05) is 23.7 Å². The molecule has 0 bridgehead atoms. The first-order chi connectivity index (χ1) is 11.2. The summed E-state index contributed by atoms with van der Waals surface area (Å²) in [5.41, 5.74) is 2.02. The molecule has 0 aliphatic heterocycles. The maximum atomic E-state index is 12.1. The molecule has 1 aromatic carbocycles. The van der Waals surface area contributed by atoms with Gasteiger partial charge in [-0.2, -0.15) is 5.10 Å². The molecule has 6 heteroatoms. The van der Waals surface area contributed by atoms with Crippen molar-refractivity contribution in [1.29, 1.82) is 0 Å². The minimum Gasteiger partial charge on any atom is -0.381 e. The van der Waals surface area contributed by atoms with E-state index in [0.717, 1.165) is 24.5 Å². The van der Waals surface area contributed by atoms with Gasteiger partial charge in [0, 0.05) is 30.3 Å². The van der Waals surface area contributed by atoms with E-state index in [4.69, 9.17) is 16.3 Å². The lowest BCUT2D eigenvalue weighted by Crippen LogP contribution is -2.25. The van der Waals surface area contributed by atoms with Crippen molar-refractivity contribution in [2.75, 3.05) is 19.8 Å². The van der Waals surface area contributed by atoms with Gasteiger partial charge >= 0.3 is 0 Å². The summed E-state index contributed by atoms with van der Waals surface area (Å²) < 4.78 is 5.53. The Morgan fingerprint density at radius 2 is 2.26 bits per heavy atom. The van der Waals surface area contributed by atoms with Crippen LogP contribution >= 0.6 is 11.6 Å². The Morgan fingerprint density at radius 1 is 1.39 bits per heavy atom. The number of ether oxygens (including phenoxy) is 1. The number of hydrogen-bond acceptors (Lipinski definition) is 3. The van der Waals surface area contributed by atoms with Crippen molar-refractivity contribution in [3.63, 3.8) is 0 Å². The second kappa shape index (κ2) is 7.62. The fourth-order valence-corrected chi connectivity index (χ4v) is 2.43. The number of halogens is 1. The van der Waals surface area contributed by atoms with Gasteiger partial charge < -0.3 is 10.1 Å². The highest BCUT2D eigenvalue weighted by Gasteiger charge is 2.20. The number of benzene rings is 1. The van der Waals surface area contributed by atoms with Crippen LogP contribution in [0.1, 0.15) is 29.8 Å². The van der Waals surface area contributed by atoms with E-state index in [1.54, 1.807) is 12.1 Å². The van der Waals surface area contributed by atoms with E-state index in [1.807, 2.05) is 18.2 Å². The zero-order valence-corrected chi connectivity index (χ0v) is 13.6. The van der Waals surface area contributed by atoms with Crippen molar-refractivity contribution in [3.8, 4) is 11.3 Å². The predicted octanol–water partition coefficient (Wildman–Crippen LogP) is 3.28. The molecule has 1 aliphatic carbocycles. The number of amides is 1. The molecule has 0 unspecified atom stereocenters. The van der Waals surface area contributed by atoms with Crippen molar-refractivity contribution in [1.82, 2.24) is 15.5 Å². The molecular weight excluding hydrogens is 314 g/mol. The van der Waals surface area contributed by atoms with Crippen LogP contribution in [0.4, 0.5) is 0 Å². The molecule has 5 nitrogen and oxygen atoms in total. The number of nitrogens with zero attached hydrogens (tertiary/aromatic N) is 1. The molecule has 23 heavy (non-hydrogen) atoms. The number of rotatable bonds is 8. The number of carbonyl (C=O) groups excluding carboxylic acids is 1. The molecule has 0 saturated heterocycles. The number of aromatic amines is 1. The zero-order valence-electron chi connectivity index (χ0n) is 12.8. The topological polar surface area (TPSA) is 67.0 Å². The van der Waals surface area contributed by atoms with Crippen LogP contribution in [0.25, 0.3) is 11.3 Å². The summed E-state index contributed by atoms with van der Waals surface area (Å²) in [5, 5.41) is 10.4. The maximum Gasteiger partial charge on any atom is 0.269 e. The average molecular weight is 334 g/mol. The SMILES string of the molecule is O=C(NCCCOCC1CC1)c1cc(-c2cccc(Cl)c2)n[nH]1. The summed E-state index contributed by atoms with van der Waals surface area (Å²) in [5.74, 6) is 0.618. The van der Waals surface area contributed by atoms with Crippen LogP contribution in [0.15, 0.2) is 30.3 Å². The van der Waals surface area contributed by atoms with E-state index < -0.39 is 0 Å². The number of nitrogens with one attached hydrogen (secondary N) is 2. The van der Waals surface area contributed by atoms with Crippen molar-refractivity contribution in [2.24, 2.45) is 5.92 Å². The highest BCUT2D eigenvalue weighted by Crippen LogP contribution is 2.28. The van der Waals surface area contributed by atoms with Crippen molar-refractivity contribution in [3.05, 3.63) is 41.0 Å². The molecule has 3 rings (SSSR count). The Labute approximate surface area is 140 Å². The minimum atomic E-state index is -0.159. The van der Waals surface area contributed by atoms with Crippen molar-refractivity contribution < 1.29 is 9.53 Å². The molecule has 0 radical (unpaired) electrons. The third-order valence-electron chi connectivity index (χ3n) is 3.74. The molecule has 1 heterocycles. The number of hydrogen-bond donors (Lipinski definition) is 2. The normalized spacial score (nSPS) is 14.0. The second-order valence-corrected chi connectivity index (χ2v) is 6.24. The molecule has 0 atom stereocenters. The molecule has 0 spiro atoms. The number of carbonyl (C=O) groups is 1. The zero-order chi connectivity index (χ0) is 16.1. The number of H-pyrrole nitrogens is 1. The molecule has 1 saturated carbocycles. The first-order valence-electron chi connectivity index (χ1n) is 7.89. The lowest BCUT2D eigenvalue weighted by Gasteiger charge is -2.04. The van der Waals surface area contributed by atoms with Crippen molar-refractivity contribution in [2.45, 2.75) is 19.3 Å². The van der Waals surface area contributed by atoms with Crippen LogP contribution in [0, 0.1) is 5.92 Å². The van der Waals surface area contributed by atoms with Gasteiger partial charge in [0.1, 0.15) is 5.69 Å². The van der Waals surface area contributed by atoms with Crippen molar-refractivity contribution >= 4 is 17.5 Å². The molecule has 122 valence electrons. The van der Waals surface area contributed by atoms with E-state index in [2.05, 4.69) is 15.5 Å². The summed E-state index contributed by atoms with van der Waals surface area (Å²) in [4.78, 5) is 12.1. The predicted molar refractivity (Wildman–Crippen MR) is 89.5 cm³/mol. The minimum absolute atomic E-state index is 0.159. The van der Waals surface area contributed by atoms with Gasteiger partial charge in [-0.05, 0) is 43.4 Å². The molecule has 1 amide bonds. The molecule has 2 aromatic rings. The first-order valence-corrected chi connectivity index (χ1v) is 8.27. The van der Waals surface area contributed by atoms with E-state index in [-0.39, 0.29) is 5.91 Å². The Morgan fingerprint density at radius 3 is 3.04 bits per heavy atom. The Bertz CT molecular complexity index is 667. The highest BCUT2D eigenvalue weighted by molar-refractivity contribution is 6.30. The summed E-state index contributed by atoms with van der Waals surface area (Å²) >= 11 is 5.97. The standard InChI is InChI=1S/C17H20ClN3O2/c18-14-4-1-3-13(9-14)15-10-16(21-20-15)17(22)19-7-2-8-23-11-12-5-6-12/h1,3-4,9-10,12H,2,5-8,11H2,(H,19,22)(H,20,21). The van der Waals surface area contributed by atoms with Gasteiger partial charge in [0.25, 0.3) is 5.91 Å². The largest absolute Gasteiger partial charge is 0.381 e. The van der Waals surface area contributed by atoms with E-state index in [1.165, 1.54) is 12.8 Å². The van der Waals surface area contributed by atoms with E-state index in [0.29, 0.717) is 29.6 Å². The summed E-state index contributed by atoms with van der Waals surface area (Å²) in [6.45, 7) is 2.14. The van der Waals surface area contributed by atoms with Crippen LogP contribution < -0.4 is 5.32 Å². The lowest BCUT2D eigenvalue weighted by molar-refractivity contribution is 0.0932. The van der Waals surface area contributed by atoms with Crippen LogP contribution in [0.5, 0.6) is 0 Å². The number of aromatic nitrogens is 2. The maximum absolute atomic E-state index is 12.1. The fourth-order valence-electron chi connectivity index (χ4n) is 2.24. The first kappa shape index (κ1) is 16.0. The second-order valence-electron chi connectivity index (χ2n) is 5.80. The Kier molecular flexibility index (Phi) is 5.31. The summed E-state index contributed by atoms with van der Waals surface area (Å²) in [7, 11) is 0. The van der Waals surface area contributed by atoms with Crippen LogP contribution in [-0.2, 0) is 4.74 Å². The summed E-state index contributed by atoms with van der Waals surface area (Å²) in [6.07, 6.45) is 3.41. The van der Waals surface area contributed by atoms with Crippen LogP contribution in [0.2, 0.25) is 5.02 Å². The third kappa shape index (κ3) is 4.81. The van der Waals surface area contributed by atoms with Crippen LogP contribution in [0.3, 0.4) is 0 Å². The average Bonchev–Trinajstić information content (AvgIpc) is 3.23. The van der Waals surface area contributed by atoms with Gasteiger partial charge in [-0.3, -0.25) is 9.89 Å². The van der Waals surface area contributed by atoms with E-state index >= 15 is 0 Å². The van der Waals surface area contributed by atoms with Crippen LogP contribution in [-0.4, -0.2) is 35.9 Å². The van der Waals surface area contributed by atoms with Gasteiger partial charge in [0.2, 0.25) is 0 Å². The molecule has 1 fully saturated rings. The molecule has 2 N–H and O–H groups in total. The van der Waals surface area contributed by atoms with Gasteiger partial charge in [-0.25, -0.2) is 0 Å². The lowest BCUT2D eigenvalue weighted by atomic mass is 10.1. The monoisotopic (exact) mass is 333 g/mol. The summed E-state index contributed by atoms with van der Waals surface area (Å²) in [6, 6.07) is 9.10. The molecular formula is C17H20ClN3O2. The Hall–Kier alpha value is -1.85. The smallest absolute Gasteiger partial charge is 0.269 e. The fraction of sp³-hybridized carbons (Fsp3) is 0.412. The van der Waals surface area contributed by atoms with Gasteiger partial charge in [0.15, 0.2) is 0 Å². The molecule has 1 aromatic heterocycles. The van der Waals surface area contributed by atoms with Gasteiger partial charge in [-0.15, -0.1) is 0 Å².